The van der Waals surface area contributed by atoms with Crippen molar-refractivity contribution in [2.45, 2.75) is 107 Å². The molecule has 9 atom stereocenters. The van der Waals surface area contributed by atoms with E-state index in [9.17, 15) is 98.3 Å². The highest BCUT2D eigenvalue weighted by molar-refractivity contribution is 6.01. The van der Waals surface area contributed by atoms with Crippen LogP contribution in [0.2, 0.25) is 0 Å². The number of piperidine rings is 1. The Morgan fingerprint density at radius 1 is 0.776 bits per heavy atom. The zero-order valence-electron chi connectivity index (χ0n) is 45.7. The summed E-state index contributed by atoms with van der Waals surface area (Å²) in [6.45, 7) is -1.63. The van der Waals surface area contributed by atoms with Crippen LogP contribution < -0.4 is 74.5 Å². The molecule has 0 bridgehead atoms. The van der Waals surface area contributed by atoms with Crippen molar-refractivity contribution < 1.29 is 103 Å². The molecule has 4 heterocycles. The average molecular weight is 1200 g/mol. The van der Waals surface area contributed by atoms with Crippen molar-refractivity contribution in [3.8, 4) is 11.5 Å². The molecule has 13 amide bonds. The van der Waals surface area contributed by atoms with Gasteiger partial charge in [0.1, 0.15) is 65.4 Å². The lowest BCUT2D eigenvalue weighted by atomic mass is 10.0. The van der Waals surface area contributed by atoms with Gasteiger partial charge in [0.05, 0.1) is 52.2 Å². The number of nitrogens with two attached hydrogens (primary N) is 2. The summed E-state index contributed by atoms with van der Waals surface area (Å²) < 4.78 is 1.41. The highest BCUT2D eigenvalue weighted by Gasteiger charge is 2.40. The molecule has 85 heavy (non-hydrogen) atoms. The molecular weight excluding hydrogens is 1130 g/mol. The minimum Gasteiger partial charge on any atom is -0.504 e. The van der Waals surface area contributed by atoms with Crippen molar-refractivity contribution in [3.63, 3.8) is 0 Å². The summed E-state index contributed by atoms with van der Waals surface area (Å²) in [6.07, 6.45) is -2.81. The maximum Gasteiger partial charge on any atom is 0.299 e. The Bertz CT molecular complexity index is 2980. The number of rotatable bonds is 27. The number of phenols is 2. The molecule has 37 heteroatoms. The Labute approximate surface area is 480 Å². The number of fused-ring (bicyclic) bond motifs is 3. The SMILES string of the molecule is C[C@H](NC(=O)[C@@H](CC(N)=O)N(O)C(=O)[C@H](CO)NC(=O)CNC(=O)C1CCN=C(C(CO)NC(=O)[C@@H]2CCNc3c(NC(=O)CC(O)C(N)=O)cc4cc(O)c(O)cc4[n+]32)N1)C(=O)NCC(=O)N[C@H](C)C(=O)NCC(=O)N[C@H]1CCCN(O)C1=O. The smallest absolute Gasteiger partial charge is 0.299 e. The highest BCUT2D eigenvalue weighted by atomic mass is 16.5. The number of primary amides is 2. The summed E-state index contributed by atoms with van der Waals surface area (Å²) in [5.74, 6) is -14.1. The first kappa shape index (κ1) is 66.2. The van der Waals surface area contributed by atoms with Gasteiger partial charge in [-0.25, -0.2) is 14.7 Å². The molecule has 0 aliphatic carbocycles. The maximum absolute atomic E-state index is 14.1. The molecule has 1 fully saturated rings. The van der Waals surface area contributed by atoms with E-state index in [0.29, 0.717) is 11.5 Å². The van der Waals surface area contributed by atoms with E-state index in [1.54, 1.807) is 0 Å². The first-order valence-electron chi connectivity index (χ1n) is 26.2. The second-order valence-electron chi connectivity index (χ2n) is 19.6. The van der Waals surface area contributed by atoms with Crippen LogP contribution in [-0.2, 0) is 62.3 Å². The molecule has 5 rings (SSSR count). The number of amides is 13. The third-order valence-corrected chi connectivity index (χ3v) is 13.2. The zero-order chi connectivity index (χ0) is 63.0. The van der Waals surface area contributed by atoms with Crippen molar-refractivity contribution in [2.24, 2.45) is 16.5 Å². The summed E-state index contributed by atoms with van der Waals surface area (Å²) in [4.78, 5) is 170. The molecule has 1 saturated heterocycles. The Kier molecular flexibility index (Phi) is 23.5. The second-order valence-corrected chi connectivity index (χ2v) is 19.6. The molecule has 0 saturated carbocycles. The van der Waals surface area contributed by atoms with Crippen molar-refractivity contribution in [1.29, 1.82) is 0 Å². The lowest BCUT2D eigenvalue weighted by molar-refractivity contribution is -0.674. The van der Waals surface area contributed by atoms with Crippen LogP contribution in [0.15, 0.2) is 23.2 Å². The normalized spacial score (nSPS) is 18.4. The predicted octanol–water partition coefficient (Wildman–Crippen LogP) is -9.90. The van der Waals surface area contributed by atoms with Gasteiger partial charge in [-0.2, -0.15) is 0 Å². The Balaban J connectivity index is 1.11. The fourth-order valence-corrected chi connectivity index (χ4v) is 8.78. The standard InChI is InChI=1S/C48H67N17O20/c1-20(42(77)54-16-37(74)58-24-4-3-9-63(84)47(24)82)56-36(73)15-53-43(78)21(2)57-46(81)30(13-34(49)71)65(85)48(83)27(19-67)60-38(75)17-55-44(79)23-5-7-51-40(61-23)26(18-66)62-45(80)28-6-8-52-41-25(59-35(72)14-33(70)39(50)76)10-22-11-31(68)32(69)12-29(22)64(28)41/h10-12,20-21,23-24,26-28,30,33,66-67,70,84-85H,3-9,13-19H2,1-2H3,(H16,49,50,51,52,53,54,55,56,57,58,59,60,61,62,68,69,71,72,73,74,75,76,77,78,79,80,81)/p+1/t20-,21+,23?,24+,26?,27+,28+,30-,33?/m1/s1. The van der Waals surface area contributed by atoms with Crippen LogP contribution in [0.25, 0.3) is 10.9 Å². The van der Waals surface area contributed by atoms with E-state index in [0.717, 1.165) is 13.0 Å². The zero-order valence-corrected chi connectivity index (χ0v) is 45.7. The number of pyridine rings is 1. The summed E-state index contributed by atoms with van der Waals surface area (Å²) in [5.41, 5.74) is 10.6. The number of benzene rings is 1. The van der Waals surface area contributed by atoms with Crippen molar-refractivity contribution in [1.82, 2.24) is 58.0 Å². The number of carbonyl (C=O) groups is 13. The first-order chi connectivity index (χ1) is 40.1. The molecule has 0 spiro atoms. The van der Waals surface area contributed by atoms with E-state index in [1.165, 1.54) is 23.6 Å². The van der Waals surface area contributed by atoms with Gasteiger partial charge in [0.2, 0.25) is 59.1 Å². The Hall–Kier alpha value is -9.59. The van der Waals surface area contributed by atoms with Crippen molar-refractivity contribution in [3.05, 3.63) is 18.2 Å². The third kappa shape index (κ3) is 18.0. The molecule has 22 N–H and O–H groups in total. The number of hydroxylamine groups is 4. The summed E-state index contributed by atoms with van der Waals surface area (Å²) >= 11 is 0. The van der Waals surface area contributed by atoms with E-state index >= 15 is 0 Å². The maximum atomic E-state index is 14.1. The quantitative estimate of drug-likeness (QED) is 0.0171. The number of phenolic OH excluding ortho intramolecular Hbond substituents is 2. The van der Waals surface area contributed by atoms with Crippen molar-refractivity contribution >= 4 is 105 Å². The molecule has 464 valence electrons. The lowest BCUT2D eigenvalue weighted by Crippen LogP contribution is -2.61. The summed E-state index contributed by atoms with van der Waals surface area (Å²) in [7, 11) is 0. The summed E-state index contributed by atoms with van der Waals surface area (Å²) in [5, 5.41) is 98.5. The molecule has 3 unspecified atom stereocenters. The van der Waals surface area contributed by atoms with E-state index in [2.05, 4.69) is 63.5 Å². The van der Waals surface area contributed by atoms with Gasteiger partial charge in [-0.1, -0.05) is 0 Å². The van der Waals surface area contributed by atoms with Crippen LogP contribution in [-0.4, -0.2) is 230 Å². The second kappa shape index (κ2) is 30.1. The Morgan fingerprint density at radius 2 is 1.41 bits per heavy atom. The van der Waals surface area contributed by atoms with Gasteiger partial charge in [0.25, 0.3) is 23.5 Å². The van der Waals surface area contributed by atoms with E-state index in [1.807, 2.05) is 0 Å². The van der Waals surface area contributed by atoms with E-state index in [-0.39, 0.29) is 72.2 Å². The van der Waals surface area contributed by atoms with Crippen LogP contribution in [0.3, 0.4) is 0 Å². The lowest BCUT2D eigenvalue weighted by Gasteiger charge is -2.30. The number of nitrogens with one attached hydrogen (secondary N) is 11. The van der Waals surface area contributed by atoms with Gasteiger partial charge in [-0.05, 0) is 45.2 Å². The average Bonchev–Trinajstić information content (AvgIpc) is 1.06. The number of carbonyl (C=O) groups excluding carboxylic acids is 13. The number of aliphatic hydroxyl groups is 3. The number of aliphatic imine (C=N–C) groups is 1. The largest absolute Gasteiger partial charge is 0.504 e. The number of hydrogen-bond donors (Lipinski definition) is 20. The molecule has 3 aliphatic heterocycles. The number of nitrogens with zero attached hydrogens (tertiary/aromatic N) is 4. The van der Waals surface area contributed by atoms with Crippen molar-refractivity contribution in [2.75, 3.05) is 63.1 Å². The van der Waals surface area contributed by atoms with Gasteiger partial charge in [-0.15, -0.1) is 0 Å². The molecular formula is C48H68N17O20+. The fraction of sp³-hybridized carbons (Fsp3) is 0.521. The van der Waals surface area contributed by atoms with Crippen LogP contribution in [0.5, 0.6) is 11.5 Å². The number of amidine groups is 1. The minimum absolute atomic E-state index is 0.0213. The van der Waals surface area contributed by atoms with Crippen LogP contribution >= 0.6 is 0 Å². The van der Waals surface area contributed by atoms with Crippen LogP contribution in [0.1, 0.15) is 58.4 Å². The number of aromatic nitrogens is 1. The van der Waals surface area contributed by atoms with Gasteiger partial charge >= 0.3 is 0 Å². The van der Waals surface area contributed by atoms with Crippen LogP contribution in [0.4, 0.5) is 11.5 Å². The fourth-order valence-electron chi connectivity index (χ4n) is 8.78. The van der Waals surface area contributed by atoms with E-state index in [4.69, 9.17) is 11.5 Å². The van der Waals surface area contributed by atoms with Crippen LogP contribution in [0, 0.1) is 0 Å². The molecule has 3 aliphatic rings. The Morgan fingerprint density at radius 3 is 2.06 bits per heavy atom. The number of aliphatic hydroxyl groups excluding tert-OH is 3. The molecule has 1 aromatic carbocycles. The van der Waals surface area contributed by atoms with Gasteiger partial charge in [-0.3, -0.25) is 83.1 Å². The predicted molar refractivity (Wildman–Crippen MR) is 285 cm³/mol. The van der Waals surface area contributed by atoms with Gasteiger partial charge in [0, 0.05) is 31.0 Å². The number of aromatic hydroxyl groups is 2. The molecule has 1 aromatic heterocycles. The number of anilines is 2. The number of hydrogen-bond acceptors (Lipinski definition) is 23. The van der Waals surface area contributed by atoms with Gasteiger partial charge in [0.15, 0.2) is 17.5 Å². The monoisotopic (exact) mass is 1200 g/mol. The molecule has 2 aromatic rings. The topological polar surface area (TPSA) is 571 Å². The minimum atomic E-state index is -2.17. The first-order valence-corrected chi connectivity index (χ1v) is 26.2. The highest BCUT2D eigenvalue weighted by Crippen LogP contribution is 2.35. The molecule has 37 nitrogen and oxygen atoms in total. The summed E-state index contributed by atoms with van der Waals surface area (Å²) in [6, 6.07) is -7.80. The van der Waals surface area contributed by atoms with Gasteiger partial charge < -0.3 is 90.2 Å². The molecule has 0 radical (unpaired) electrons. The third-order valence-electron chi connectivity index (χ3n) is 13.2. The van der Waals surface area contributed by atoms with E-state index < -0.39 is 188 Å².